The van der Waals surface area contributed by atoms with E-state index in [4.69, 9.17) is 9.47 Å². The first kappa shape index (κ1) is 23.5. The third-order valence-corrected chi connectivity index (χ3v) is 4.53. The molecular formula is C21H18F3IN2O3. The molecule has 9 heteroatoms. The first-order chi connectivity index (χ1) is 14.0. The van der Waals surface area contributed by atoms with E-state index < -0.39 is 17.6 Å². The van der Waals surface area contributed by atoms with Crippen LogP contribution in [-0.4, -0.2) is 19.1 Å². The lowest BCUT2D eigenvalue weighted by Gasteiger charge is -2.16. The predicted molar refractivity (Wildman–Crippen MR) is 115 cm³/mol. The number of halogens is 4. The molecule has 0 fully saturated rings. The van der Waals surface area contributed by atoms with Gasteiger partial charge in [-0.25, -0.2) is 0 Å². The first-order valence-electron chi connectivity index (χ1n) is 8.69. The number of carbonyl (C=O) groups excluding carboxylic acids is 1. The molecule has 0 unspecified atom stereocenters. The van der Waals surface area contributed by atoms with E-state index in [9.17, 15) is 23.2 Å². The van der Waals surface area contributed by atoms with Gasteiger partial charge in [-0.2, -0.15) is 18.4 Å². The number of methoxy groups -OCH3 is 1. The van der Waals surface area contributed by atoms with E-state index in [1.165, 1.54) is 25.3 Å². The molecule has 0 aromatic heterocycles. The van der Waals surface area contributed by atoms with Gasteiger partial charge in [0, 0.05) is 5.69 Å². The fraction of sp³-hybridized carbons (Fsp3) is 0.238. The Morgan fingerprint density at radius 2 is 1.97 bits per heavy atom. The molecule has 2 aromatic carbocycles. The zero-order chi connectivity index (χ0) is 22.5. The lowest BCUT2D eigenvalue weighted by molar-refractivity contribution is -0.137. The summed E-state index contributed by atoms with van der Waals surface area (Å²) in [6.07, 6.45) is -3.30. The number of rotatable bonds is 6. The molecule has 0 radical (unpaired) electrons. The quantitative estimate of drug-likeness (QED) is 0.298. The molecule has 2 aromatic rings. The van der Waals surface area contributed by atoms with E-state index in [0.29, 0.717) is 20.6 Å². The van der Waals surface area contributed by atoms with Crippen LogP contribution in [0.5, 0.6) is 11.5 Å². The summed E-state index contributed by atoms with van der Waals surface area (Å²) in [6.45, 7) is 3.74. The Balaban J connectivity index is 2.32. The van der Waals surface area contributed by atoms with Crippen LogP contribution in [0.2, 0.25) is 0 Å². The fourth-order valence-corrected chi connectivity index (χ4v) is 3.21. The number of carbonyl (C=O) groups is 1. The highest BCUT2D eigenvalue weighted by Gasteiger charge is 2.30. The second-order valence-electron chi connectivity index (χ2n) is 6.40. The summed E-state index contributed by atoms with van der Waals surface area (Å²) in [6, 6.07) is 9.27. The van der Waals surface area contributed by atoms with Gasteiger partial charge in [-0.15, -0.1) is 0 Å². The number of anilines is 1. The summed E-state index contributed by atoms with van der Waals surface area (Å²) in [5.41, 5.74) is -0.738. The first-order valence-corrected chi connectivity index (χ1v) is 9.77. The van der Waals surface area contributed by atoms with Gasteiger partial charge in [0.2, 0.25) is 0 Å². The summed E-state index contributed by atoms with van der Waals surface area (Å²) < 4.78 is 50.3. The standard InChI is InChI=1S/C21H18F3IN2O3/c1-12(2)30-19-17(25)8-13(9-18(19)29-3)7-14(11-26)20(28)27-16-6-4-5-15(10-16)21(22,23)24/h4-10,12H,1-3H3,(H,27,28)/b14-7+. The van der Waals surface area contributed by atoms with Gasteiger partial charge >= 0.3 is 6.18 Å². The number of benzene rings is 2. The Hall–Kier alpha value is -2.74. The average Bonchev–Trinajstić information content (AvgIpc) is 2.67. The average molecular weight is 530 g/mol. The molecule has 0 bridgehead atoms. The summed E-state index contributed by atoms with van der Waals surface area (Å²) in [5.74, 6) is 0.142. The number of amides is 1. The van der Waals surface area contributed by atoms with Gasteiger partial charge in [0.1, 0.15) is 11.6 Å². The van der Waals surface area contributed by atoms with E-state index in [1.807, 2.05) is 36.4 Å². The minimum Gasteiger partial charge on any atom is -0.493 e. The fourth-order valence-electron chi connectivity index (χ4n) is 2.46. The van der Waals surface area contributed by atoms with E-state index in [-0.39, 0.29) is 17.4 Å². The Kier molecular flexibility index (Phi) is 7.72. The third kappa shape index (κ3) is 6.13. The highest BCUT2D eigenvalue weighted by Crippen LogP contribution is 2.35. The van der Waals surface area contributed by atoms with Gasteiger partial charge in [-0.05, 0) is 78.4 Å². The summed E-state index contributed by atoms with van der Waals surface area (Å²) in [4.78, 5) is 12.4. The highest BCUT2D eigenvalue weighted by molar-refractivity contribution is 14.1. The van der Waals surface area contributed by atoms with E-state index in [0.717, 1.165) is 12.1 Å². The van der Waals surface area contributed by atoms with Crippen LogP contribution in [0.4, 0.5) is 18.9 Å². The van der Waals surface area contributed by atoms with Crippen LogP contribution in [0.3, 0.4) is 0 Å². The van der Waals surface area contributed by atoms with Crippen LogP contribution in [0.15, 0.2) is 42.0 Å². The van der Waals surface area contributed by atoms with Crippen molar-refractivity contribution in [2.24, 2.45) is 0 Å². The van der Waals surface area contributed by atoms with Crippen molar-refractivity contribution in [3.05, 3.63) is 56.7 Å². The topological polar surface area (TPSA) is 71.3 Å². The van der Waals surface area contributed by atoms with Gasteiger partial charge in [0.15, 0.2) is 11.5 Å². The van der Waals surface area contributed by atoms with Crippen molar-refractivity contribution in [1.82, 2.24) is 0 Å². The molecule has 0 spiro atoms. The van der Waals surface area contributed by atoms with Crippen LogP contribution in [-0.2, 0) is 11.0 Å². The zero-order valence-corrected chi connectivity index (χ0v) is 18.5. The van der Waals surface area contributed by atoms with Crippen LogP contribution in [0, 0.1) is 14.9 Å². The number of nitrogens with zero attached hydrogens (tertiary/aromatic N) is 1. The number of nitriles is 1. The summed E-state index contributed by atoms with van der Waals surface area (Å²) >= 11 is 2.05. The van der Waals surface area contributed by atoms with Crippen LogP contribution < -0.4 is 14.8 Å². The van der Waals surface area contributed by atoms with Crippen LogP contribution >= 0.6 is 22.6 Å². The zero-order valence-electron chi connectivity index (χ0n) is 16.3. The van der Waals surface area contributed by atoms with Gasteiger partial charge < -0.3 is 14.8 Å². The number of nitrogens with one attached hydrogen (secondary N) is 1. The maximum Gasteiger partial charge on any atom is 0.416 e. The largest absolute Gasteiger partial charge is 0.493 e. The van der Waals surface area contributed by atoms with Crippen molar-refractivity contribution in [2.45, 2.75) is 26.1 Å². The Morgan fingerprint density at radius 3 is 2.53 bits per heavy atom. The number of hydrogen-bond acceptors (Lipinski definition) is 4. The van der Waals surface area contributed by atoms with Gasteiger partial charge in [-0.1, -0.05) is 6.07 Å². The smallest absolute Gasteiger partial charge is 0.416 e. The van der Waals surface area contributed by atoms with Crippen molar-refractivity contribution in [3.8, 4) is 17.6 Å². The molecule has 0 aliphatic carbocycles. The van der Waals surface area contributed by atoms with Crippen molar-refractivity contribution >= 4 is 40.3 Å². The van der Waals surface area contributed by atoms with Crippen molar-refractivity contribution in [2.75, 3.05) is 12.4 Å². The Bertz CT molecular complexity index is 1010. The SMILES string of the molecule is COc1cc(/C=C(\C#N)C(=O)Nc2cccc(C(F)(F)F)c2)cc(I)c1OC(C)C. The van der Waals surface area contributed by atoms with E-state index in [2.05, 4.69) is 5.32 Å². The van der Waals surface area contributed by atoms with Gasteiger partial charge in [0.05, 0.1) is 22.3 Å². The Labute approximate surface area is 185 Å². The lowest BCUT2D eigenvalue weighted by Crippen LogP contribution is -2.14. The molecule has 0 saturated heterocycles. The number of ether oxygens (including phenoxy) is 2. The molecular weight excluding hydrogens is 512 g/mol. The lowest BCUT2D eigenvalue weighted by atomic mass is 10.1. The van der Waals surface area contributed by atoms with Crippen molar-refractivity contribution in [1.29, 1.82) is 5.26 Å². The monoisotopic (exact) mass is 530 g/mol. The third-order valence-electron chi connectivity index (χ3n) is 3.73. The molecule has 1 N–H and O–H groups in total. The predicted octanol–water partition coefficient (Wildman–Crippen LogP) is 5.65. The number of hydrogen-bond donors (Lipinski definition) is 1. The highest BCUT2D eigenvalue weighted by atomic mass is 127. The maximum atomic E-state index is 12.8. The second-order valence-corrected chi connectivity index (χ2v) is 7.57. The molecule has 158 valence electrons. The molecule has 0 atom stereocenters. The minimum absolute atomic E-state index is 0.0659. The molecule has 0 saturated carbocycles. The minimum atomic E-state index is -4.54. The Morgan fingerprint density at radius 1 is 1.27 bits per heavy atom. The van der Waals surface area contributed by atoms with Gasteiger partial charge in [-0.3, -0.25) is 4.79 Å². The van der Waals surface area contributed by atoms with Gasteiger partial charge in [0.25, 0.3) is 5.91 Å². The van der Waals surface area contributed by atoms with Crippen molar-refractivity contribution < 1.29 is 27.4 Å². The van der Waals surface area contributed by atoms with Crippen LogP contribution in [0.1, 0.15) is 25.0 Å². The second kappa shape index (κ2) is 9.84. The number of alkyl halides is 3. The molecule has 5 nitrogen and oxygen atoms in total. The normalized spacial score (nSPS) is 11.8. The van der Waals surface area contributed by atoms with Crippen molar-refractivity contribution in [3.63, 3.8) is 0 Å². The maximum absolute atomic E-state index is 12.8. The molecule has 0 aliphatic heterocycles. The summed E-state index contributed by atoms with van der Waals surface area (Å²) in [5, 5.41) is 11.7. The molecule has 0 heterocycles. The van der Waals surface area contributed by atoms with E-state index in [1.54, 1.807) is 18.2 Å². The van der Waals surface area contributed by atoms with Crippen LogP contribution in [0.25, 0.3) is 6.08 Å². The molecule has 30 heavy (non-hydrogen) atoms. The molecule has 0 aliphatic rings. The molecule has 1 amide bonds. The summed E-state index contributed by atoms with van der Waals surface area (Å²) in [7, 11) is 1.47. The van der Waals surface area contributed by atoms with E-state index >= 15 is 0 Å². The molecule has 2 rings (SSSR count).